The van der Waals surface area contributed by atoms with Crippen molar-refractivity contribution in [1.29, 1.82) is 0 Å². The topological polar surface area (TPSA) is 109 Å². The van der Waals surface area contributed by atoms with Gasteiger partial charge in [0.25, 0.3) is 5.91 Å². The predicted octanol–water partition coefficient (Wildman–Crippen LogP) is 0.650. The minimum absolute atomic E-state index is 0.136. The van der Waals surface area contributed by atoms with Crippen LogP contribution < -0.4 is 11.1 Å². The van der Waals surface area contributed by atoms with E-state index in [9.17, 15) is 14.4 Å². The maximum atomic E-state index is 11.3. The van der Waals surface area contributed by atoms with Crippen LogP contribution in [0.3, 0.4) is 0 Å². The fraction of sp³-hybridized carbons (Fsp3) is 0.222. The molecule has 0 bridgehead atoms. The molecule has 0 unspecified atom stereocenters. The molecule has 4 N–H and O–H groups in total. The Balaban J connectivity index is 2.59. The lowest BCUT2D eigenvalue weighted by Gasteiger charge is -2.03. The predicted molar refractivity (Wildman–Crippen MR) is 58.3 cm³/mol. The van der Waals surface area contributed by atoms with Crippen molar-refractivity contribution in [3.05, 3.63) is 16.3 Å². The van der Waals surface area contributed by atoms with Gasteiger partial charge in [-0.2, -0.15) is 0 Å². The van der Waals surface area contributed by atoms with Crippen LogP contribution in [-0.2, 0) is 9.59 Å². The van der Waals surface area contributed by atoms with Crippen molar-refractivity contribution in [2.24, 2.45) is 5.73 Å². The van der Waals surface area contributed by atoms with Crippen molar-refractivity contribution in [2.75, 3.05) is 5.32 Å². The molecule has 0 saturated heterocycles. The summed E-state index contributed by atoms with van der Waals surface area (Å²) in [4.78, 5) is 32.7. The fourth-order valence-electron chi connectivity index (χ4n) is 1.03. The van der Waals surface area contributed by atoms with Gasteiger partial charge in [0.15, 0.2) is 0 Å². The molecule has 1 aromatic heterocycles. The summed E-state index contributed by atoms with van der Waals surface area (Å²) in [5, 5.41) is 12.4. The Morgan fingerprint density at radius 2 is 2.06 bits per heavy atom. The first-order chi connectivity index (χ1) is 7.50. The maximum Gasteiger partial charge on any atom is 0.303 e. The number of carboxylic acids is 1. The molecule has 0 aliphatic rings. The maximum absolute atomic E-state index is 11.3. The summed E-state index contributed by atoms with van der Waals surface area (Å²) in [5.74, 6) is -2.12. The third-order valence-electron chi connectivity index (χ3n) is 1.73. The summed E-state index contributed by atoms with van der Waals surface area (Å²) < 4.78 is 0. The number of nitrogens with two attached hydrogens (primary N) is 1. The number of anilines is 1. The Hall–Kier alpha value is -1.89. The van der Waals surface area contributed by atoms with Gasteiger partial charge in [0.2, 0.25) is 5.91 Å². The molecule has 2 amide bonds. The molecule has 0 spiro atoms. The number of carboxylic acid groups (broad SMARTS) is 1. The zero-order valence-electron chi connectivity index (χ0n) is 8.23. The summed E-state index contributed by atoms with van der Waals surface area (Å²) in [6.45, 7) is 0. The number of amides is 2. The first kappa shape index (κ1) is 12.2. The summed E-state index contributed by atoms with van der Waals surface area (Å²) in [7, 11) is 0. The van der Waals surface area contributed by atoms with Crippen LogP contribution in [0.15, 0.2) is 11.4 Å². The number of hydrogen-bond donors (Lipinski definition) is 3. The van der Waals surface area contributed by atoms with E-state index in [4.69, 9.17) is 10.8 Å². The number of aliphatic carboxylic acids is 1. The van der Waals surface area contributed by atoms with Crippen molar-refractivity contribution >= 4 is 34.8 Å². The van der Waals surface area contributed by atoms with Crippen LogP contribution >= 0.6 is 11.3 Å². The Labute approximate surface area is 95.1 Å². The molecule has 1 rings (SSSR count). The first-order valence-corrected chi connectivity index (χ1v) is 5.27. The summed E-state index contributed by atoms with van der Waals surface area (Å²) >= 11 is 1.12. The monoisotopic (exact) mass is 242 g/mol. The number of hydrogen-bond acceptors (Lipinski definition) is 4. The molecule has 0 aliphatic carbocycles. The van der Waals surface area contributed by atoms with Crippen molar-refractivity contribution < 1.29 is 19.5 Å². The van der Waals surface area contributed by atoms with E-state index in [1.54, 1.807) is 11.4 Å². The molecule has 1 heterocycles. The van der Waals surface area contributed by atoms with Gasteiger partial charge in [-0.25, -0.2) is 0 Å². The minimum Gasteiger partial charge on any atom is -0.481 e. The largest absolute Gasteiger partial charge is 0.481 e. The number of thiophene rings is 1. The molecule has 6 nitrogen and oxygen atoms in total. The molecule has 0 fully saturated rings. The highest BCUT2D eigenvalue weighted by Gasteiger charge is 2.12. The average molecular weight is 242 g/mol. The van der Waals surface area contributed by atoms with E-state index in [2.05, 4.69) is 5.32 Å². The molecule has 0 atom stereocenters. The Kier molecular flexibility index (Phi) is 4.01. The minimum atomic E-state index is -1.05. The lowest BCUT2D eigenvalue weighted by molar-refractivity contribution is -0.138. The van der Waals surface area contributed by atoms with Crippen molar-refractivity contribution in [3.63, 3.8) is 0 Å². The first-order valence-electron chi connectivity index (χ1n) is 4.39. The fourth-order valence-corrected chi connectivity index (χ4v) is 1.73. The quantitative estimate of drug-likeness (QED) is 0.704. The van der Waals surface area contributed by atoms with Gasteiger partial charge in [0, 0.05) is 6.42 Å². The molecule has 1 aromatic rings. The van der Waals surface area contributed by atoms with Gasteiger partial charge in [0.05, 0.1) is 12.1 Å². The molecule has 0 saturated carbocycles. The Morgan fingerprint density at radius 3 is 2.62 bits per heavy atom. The van der Waals surface area contributed by atoms with Crippen LogP contribution in [0, 0.1) is 0 Å². The van der Waals surface area contributed by atoms with Gasteiger partial charge in [-0.3, -0.25) is 14.4 Å². The second-order valence-electron chi connectivity index (χ2n) is 2.97. The number of rotatable bonds is 5. The Morgan fingerprint density at radius 1 is 1.38 bits per heavy atom. The molecule has 0 aliphatic heterocycles. The summed E-state index contributed by atoms with van der Waals surface area (Å²) in [6.07, 6.45) is -0.384. The highest BCUT2D eigenvalue weighted by Crippen LogP contribution is 2.21. The third-order valence-corrected chi connectivity index (χ3v) is 2.66. The second-order valence-corrected chi connectivity index (χ2v) is 3.89. The standard InChI is InChI=1S/C9H10N2O4S/c10-9(15)8-5(3-4-16-8)11-6(12)1-2-7(13)14/h3-4H,1-2H2,(H2,10,15)(H,11,12)(H,13,14). The van der Waals surface area contributed by atoms with E-state index in [1.807, 2.05) is 0 Å². The number of carbonyl (C=O) groups is 3. The van der Waals surface area contributed by atoms with E-state index in [-0.39, 0.29) is 17.7 Å². The van der Waals surface area contributed by atoms with Crippen LogP contribution in [0.4, 0.5) is 5.69 Å². The van der Waals surface area contributed by atoms with Crippen molar-refractivity contribution in [3.8, 4) is 0 Å². The lowest BCUT2D eigenvalue weighted by Crippen LogP contribution is -2.16. The smallest absolute Gasteiger partial charge is 0.303 e. The zero-order valence-corrected chi connectivity index (χ0v) is 9.04. The van der Waals surface area contributed by atoms with E-state index < -0.39 is 17.8 Å². The van der Waals surface area contributed by atoms with Gasteiger partial charge >= 0.3 is 5.97 Å². The molecule has 0 aromatic carbocycles. The number of nitrogens with one attached hydrogen (secondary N) is 1. The molecule has 86 valence electrons. The van der Waals surface area contributed by atoms with Gasteiger partial charge in [-0.15, -0.1) is 11.3 Å². The van der Waals surface area contributed by atoms with Gasteiger partial charge < -0.3 is 16.2 Å². The zero-order chi connectivity index (χ0) is 12.1. The van der Waals surface area contributed by atoms with Crippen LogP contribution in [-0.4, -0.2) is 22.9 Å². The molecular weight excluding hydrogens is 232 g/mol. The normalized spacial score (nSPS) is 9.75. The lowest BCUT2D eigenvalue weighted by atomic mass is 10.3. The highest BCUT2D eigenvalue weighted by atomic mass is 32.1. The number of primary amides is 1. The van der Waals surface area contributed by atoms with Crippen LogP contribution in [0.5, 0.6) is 0 Å². The molecular formula is C9H10N2O4S. The van der Waals surface area contributed by atoms with Crippen LogP contribution in [0.1, 0.15) is 22.5 Å². The Bertz CT molecular complexity index is 427. The van der Waals surface area contributed by atoms with E-state index in [1.165, 1.54) is 0 Å². The molecule has 0 radical (unpaired) electrons. The van der Waals surface area contributed by atoms with Gasteiger partial charge in [-0.05, 0) is 11.4 Å². The van der Waals surface area contributed by atoms with Crippen LogP contribution in [0.25, 0.3) is 0 Å². The second kappa shape index (κ2) is 5.26. The van der Waals surface area contributed by atoms with E-state index in [0.717, 1.165) is 11.3 Å². The molecule has 16 heavy (non-hydrogen) atoms. The average Bonchev–Trinajstić information content (AvgIpc) is 2.62. The SMILES string of the molecule is NC(=O)c1sccc1NC(=O)CCC(=O)O. The van der Waals surface area contributed by atoms with Crippen molar-refractivity contribution in [2.45, 2.75) is 12.8 Å². The molecule has 7 heteroatoms. The summed E-state index contributed by atoms with van der Waals surface area (Å²) in [6, 6.07) is 1.55. The van der Waals surface area contributed by atoms with Gasteiger partial charge in [-0.1, -0.05) is 0 Å². The van der Waals surface area contributed by atoms with E-state index >= 15 is 0 Å². The van der Waals surface area contributed by atoms with Crippen LogP contribution in [0.2, 0.25) is 0 Å². The third kappa shape index (κ3) is 3.35. The highest BCUT2D eigenvalue weighted by molar-refractivity contribution is 7.12. The van der Waals surface area contributed by atoms with Gasteiger partial charge in [0.1, 0.15) is 4.88 Å². The summed E-state index contributed by atoms with van der Waals surface area (Å²) in [5.41, 5.74) is 5.41. The number of carbonyl (C=O) groups excluding carboxylic acids is 2. The van der Waals surface area contributed by atoms with E-state index in [0.29, 0.717) is 5.69 Å². The van der Waals surface area contributed by atoms with Crippen molar-refractivity contribution in [1.82, 2.24) is 0 Å².